The molecule has 2 aromatic rings. The minimum Gasteiger partial charge on any atom is -0.465 e. The molecule has 27 heavy (non-hydrogen) atoms. The van der Waals surface area contributed by atoms with E-state index in [4.69, 9.17) is 14.2 Å². The Morgan fingerprint density at radius 1 is 1.00 bits per heavy atom. The maximum Gasteiger partial charge on any atom is 0.199 e. The van der Waals surface area contributed by atoms with E-state index in [1.54, 1.807) is 7.11 Å². The highest BCUT2D eigenvalue weighted by Gasteiger charge is 2.29. The second-order valence-electron chi connectivity index (χ2n) is 7.19. The van der Waals surface area contributed by atoms with Gasteiger partial charge in [0.1, 0.15) is 5.76 Å². The maximum absolute atomic E-state index is 6.28. The SMILES string of the molecule is C=C(O[C@H](C[C@H]1CCCC[C@@H]1OCc1ccccc1)OC)c1ccccc1. The highest BCUT2D eigenvalue weighted by Crippen LogP contribution is 2.32. The van der Waals surface area contributed by atoms with Crippen LogP contribution in [0.15, 0.2) is 67.2 Å². The molecule has 1 aliphatic carbocycles. The number of rotatable bonds is 9. The van der Waals surface area contributed by atoms with Crippen LogP contribution in [0.5, 0.6) is 0 Å². The number of hydrogen-bond donors (Lipinski definition) is 0. The molecular formula is C24H30O3. The van der Waals surface area contributed by atoms with Gasteiger partial charge in [-0.1, -0.05) is 80.1 Å². The van der Waals surface area contributed by atoms with Crippen molar-refractivity contribution >= 4 is 5.76 Å². The summed E-state index contributed by atoms with van der Waals surface area (Å²) < 4.78 is 17.9. The van der Waals surface area contributed by atoms with Gasteiger partial charge in [0, 0.05) is 19.1 Å². The summed E-state index contributed by atoms with van der Waals surface area (Å²) in [6.07, 6.45) is 5.50. The first kappa shape index (κ1) is 19.7. The van der Waals surface area contributed by atoms with Gasteiger partial charge in [0.25, 0.3) is 0 Å². The summed E-state index contributed by atoms with van der Waals surface area (Å²) >= 11 is 0. The minimum atomic E-state index is -0.302. The van der Waals surface area contributed by atoms with Crippen LogP contribution in [0.3, 0.4) is 0 Å². The first-order valence-corrected chi connectivity index (χ1v) is 9.85. The summed E-state index contributed by atoms with van der Waals surface area (Å²) in [4.78, 5) is 0. The van der Waals surface area contributed by atoms with Crippen LogP contribution in [0.4, 0.5) is 0 Å². The van der Waals surface area contributed by atoms with Crippen molar-refractivity contribution in [2.45, 2.75) is 51.1 Å². The third-order valence-electron chi connectivity index (χ3n) is 5.27. The third kappa shape index (κ3) is 5.95. The highest BCUT2D eigenvalue weighted by molar-refractivity contribution is 5.57. The van der Waals surface area contributed by atoms with Crippen molar-refractivity contribution < 1.29 is 14.2 Å². The molecule has 3 nitrogen and oxygen atoms in total. The van der Waals surface area contributed by atoms with Crippen LogP contribution in [-0.4, -0.2) is 19.5 Å². The van der Waals surface area contributed by atoms with Crippen LogP contribution in [0.2, 0.25) is 0 Å². The average Bonchev–Trinajstić information content (AvgIpc) is 2.74. The second-order valence-corrected chi connectivity index (χ2v) is 7.19. The van der Waals surface area contributed by atoms with Gasteiger partial charge in [-0.2, -0.15) is 0 Å². The summed E-state index contributed by atoms with van der Waals surface area (Å²) in [7, 11) is 1.70. The van der Waals surface area contributed by atoms with Gasteiger partial charge in [-0.3, -0.25) is 0 Å². The quantitative estimate of drug-likeness (QED) is 0.414. The van der Waals surface area contributed by atoms with Gasteiger partial charge in [0.15, 0.2) is 6.29 Å². The molecule has 0 bridgehead atoms. The van der Waals surface area contributed by atoms with Gasteiger partial charge in [-0.25, -0.2) is 0 Å². The molecule has 0 unspecified atom stereocenters. The van der Waals surface area contributed by atoms with Crippen molar-refractivity contribution in [2.75, 3.05) is 7.11 Å². The molecule has 0 amide bonds. The van der Waals surface area contributed by atoms with Crippen LogP contribution in [0.25, 0.3) is 5.76 Å². The summed E-state index contributed by atoms with van der Waals surface area (Å²) in [5, 5.41) is 0. The number of methoxy groups -OCH3 is 1. The van der Waals surface area contributed by atoms with Crippen molar-refractivity contribution in [3.8, 4) is 0 Å². The van der Waals surface area contributed by atoms with E-state index < -0.39 is 0 Å². The Morgan fingerprint density at radius 2 is 1.67 bits per heavy atom. The molecule has 1 saturated carbocycles. The standard InChI is InChI=1S/C24H30O3/c1-19(21-13-7-4-8-14-21)27-24(25-2)17-22-15-9-10-16-23(22)26-18-20-11-5-3-6-12-20/h3-8,11-14,22-24H,1,9-10,15-18H2,2H3/t22-,23+,24-/m1/s1. The van der Waals surface area contributed by atoms with E-state index in [1.807, 2.05) is 36.4 Å². The molecule has 0 N–H and O–H groups in total. The lowest BCUT2D eigenvalue weighted by molar-refractivity contribution is -0.109. The third-order valence-corrected chi connectivity index (χ3v) is 5.27. The maximum atomic E-state index is 6.28. The van der Waals surface area contributed by atoms with Gasteiger partial charge in [-0.15, -0.1) is 0 Å². The van der Waals surface area contributed by atoms with E-state index in [0.717, 1.165) is 24.8 Å². The van der Waals surface area contributed by atoms with Crippen molar-refractivity contribution in [1.29, 1.82) is 0 Å². The summed E-state index contributed by atoms with van der Waals surface area (Å²) in [5.41, 5.74) is 2.21. The van der Waals surface area contributed by atoms with Crippen molar-refractivity contribution in [1.82, 2.24) is 0 Å². The largest absolute Gasteiger partial charge is 0.465 e. The van der Waals surface area contributed by atoms with Gasteiger partial charge >= 0.3 is 0 Å². The monoisotopic (exact) mass is 366 g/mol. The smallest absolute Gasteiger partial charge is 0.199 e. The van der Waals surface area contributed by atoms with Gasteiger partial charge < -0.3 is 14.2 Å². The molecule has 0 aliphatic heterocycles. The lowest BCUT2D eigenvalue weighted by atomic mass is 9.84. The van der Waals surface area contributed by atoms with Crippen LogP contribution >= 0.6 is 0 Å². The Labute approximate surface area is 163 Å². The fraction of sp³-hybridized carbons (Fsp3) is 0.417. The van der Waals surface area contributed by atoms with Gasteiger partial charge in [0.2, 0.25) is 0 Å². The molecule has 3 rings (SSSR count). The van der Waals surface area contributed by atoms with Crippen LogP contribution in [-0.2, 0) is 20.8 Å². The Morgan fingerprint density at radius 3 is 2.37 bits per heavy atom. The molecule has 0 radical (unpaired) electrons. The van der Waals surface area contributed by atoms with E-state index in [1.165, 1.54) is 18.4 Å². The molecule has 0 saturated heterocycles. The molecule has 2 aromatic carbocycles. The molecule has 1 aliphatic rings. The molecule has 144 valence electrons. The average molecular weight is 367 g/mol. The van der Waals surface area contributed by atoms with Crippen LogP contribution in [0, 0.1) is 5.92 Å². The Balaban J connectivity index is 1.55. The van der Waals surface area contributed by atoms with Crippen LogP contribution < -0.4 is 0 Å². The minimum absolute atomic E-state index is 0.255. The van der Waals surface area contributed by atoms with E-state index in [0.29, 0.717) is 18.3 Å². The van der Waals surface area contributed by atoms with E-state index >= 15 is 0 Å². The fourth-order valence-electron chi connectivity index (χ4n) is 3.73. The Kier molecular flexibility index (Phi) is 7.49. The molecule has 0 aromatic heterocycles. The summed E-state index contributed by atoms with van der Waals surface area (Å²) in [5.74, 6) is 1.09. The van der Waals surface area contributed by atoms with Crippen molar-refractivity contribution in [3.63, 3.8) is 0 Å². The number of hydrogen-bond acceptors (Lipinski definition) is 3. The number of benzene rings is 2. The zero-order valence-electron chi connectivity index (χ0n) is 16.2. The summed E-state index contributed by atoms with van der Waals surface area (Å²) in [6, 6.07) is 20.3. The zero-order valence-corrected chi connectivity index (χ0v) is 16.2. The van der Waals surface area contributed by atoms with Crippen molar-refractivity contribution in [3.05, 3.63) is 78.4 Å². The molecule has 3 heteroatoms. The first-order chi connectivity index (χ1) is 13.3. The zero-order chi connectivity index (χ0) is 18.9. The molecular weight excluding hydrogens is 336 g/mol. The van der Waals surface area contributed by atoms with E-state index in [-0.39, 0.29) is 12.4 Å². The van der Waals surface area contributed by atoms with E-state index in [2.05, 4.69) is 30.8 Å². The van der Waals surface area contributed by atoms with Crippen molar-refractivity contribution in [2.24, 2.45) is 5.92 Å². The molecule has 1 fully saturated rings. The first-order valence-electron chi connectivity index (χ1n) is 9.85. The lowest BCUT2D eigenvalue weighted by Gasteiger charge is -2.33. The van der Waals surface area contributed by atoms with Gasteiger partial charge in [-0.05, 0) is 24.3 Å². The molecule has 3 atom stereocenters. The topological polar surface area (TPSA) is 27.7 Å². The predicted molar refractivity (Wildman–Crippen MR) is 109 cm³/mol. The Hall–Kier alpha value is -2.10. The number of ether oxygens (including phenoxy) is 3. The fourth-order valence-corrected chi connectivity index (χ4v) is 3.73. The van der Waals surface area contributed by atoms with E-state index in [9.17, 15) is 0 Å². The highest BCUT2D eigenvalue weighted by atomic mass is 16.7. The second kappa shape index (κ2) is 10.3. The normalized spacial score (nSPS) is 20.8. The predicted octanol–water partition coefficient (Wildman–Crippen LogP) is 5.81. The summed E-state index contributed by atoms with van der Waals surface area (Å²) in [6.45, 7) is 4.73. The molecule has 0 heterocycles. The van der Waals surface area contributed by atoms with Crippen LogP contribution in [0.1, 0.15) is 43.2 Å². The lowest BCUT2D eigenvalue weighted by Crippen LogP contribution is -2.32. The van der Waals surface area contributed by atoms with Gasteiger partial charge in [0.05, 0.1) is 12.7 Å². The Bertz CT molecular complexity index is 683. The molecule has 0 spiro atoms.